The SMILES string of the molecule is CN1C(N)=N[C@](C)(c2cc(NC(=O)c3ccc(OCC(F)F)cn3)ccc2F)CS1(=O)=O. The highest BCUT2D eigenvalue weighted by atomic mass is 32.2. The molecule has 2 heterocycles. The summed E-state index contributed by atoms with van der Waals surface area (Å²) in [6, 6.07) is 6.21. The van der Waals surface area contributed by atoms with Crippen LogP contribution >= 0.6 is 0 Å². The number of alkyl halides is 2. The van der Waals surface area contributed by atoms with Crippen molar-refractivity contribution in [1.82, 2.24) is 9.29 Å². The second-order valence-corrected chi connectivity index (χ2v) is 9.20. The molecule has 1 aliphatic rings. The molecule has 2 aromatic rings. The molecule has 1 atom stereocenters. The zero-order chi connectivity index (χ0) is 23.7. The van der Waals surface area contributed by atoms with Gasteiger partial charge >= 0.3 is 0 Å². The Labute approximate surface area is 182 Å². The summed E-state index contributed by atoms with van der Waals surface area (Å²) in [6.07, 6.45) is -1.53. The Bertz CT molecular complexity index is 1160. The van der Waals surface area contributed by atoms with Crippen molar-refractivity contribution >= 4 is 27.6 Å². The fourth-order valence-electron chi connectivity index (χ4n) is 3.06. The van der Waals surface area contributed by atoms with E-state index in [2.05, 4.69) is 15.3 Å². The second kappa shape index (κ2) is 8.65. The Hall–Kier alpha value is -3.35. The summed E-state index contributed by atoms with van der Waals surface area (Å²) in [7, 11) is -2.57. The monoisotopic (exact) mass is 471 g/mol. The molecule has 32 heavy (non-hydrogen) atoms. The van der Waals surface area contributed by atoms with Gasteiger partial charge in [0, 0.05) is 18.3 Å². The predicted octanol–water partition coefficient (Wildman–Crippen LogP) is 1.92. The quantitative estimate of drug-likeness (QED) is 0.663. The van der Waals surface area contributed by atoms with Gasteiger partial charge in [0.15, 0.2) is 0 Å². The second-order valence-electron chi connectivity index (χ2n) is 7.20. The summed E-state index contributed by atoms with van der Waals surface area (Å²) in [6.45, 7) is 0.622. The van der Waals surface area contributed by atoms with Crippen molar-refractivity contribution < 1.29 is 31.1 Å². The van der Waals surface area contributed by atoms with Gasteiger partial charge in [-0.15, -0.1) is 0 Å². The van der Waals surface area contributed by atoms with Crippen LogP contribution < -0.4 is 15.8 Å². The van der Waals surface area contributed by atoms with Gasteiger partial charge in [-0.25, -0.2) is 35.9 Å². The molecule has 9 nitrogen and oxygen atoms in total. The molecule has 3 rings (SSSR count). The Kier molecular flexibility index (Phi) is 6.30. The molecule has 0 spiro atoms. The summed E-state index contributed by atoms with van der Waals surface area (Å²) in [5.74, 6) is -2.12. The minimum absolute atomic E-state index is 0.0457. The number of guanidine groups is 1. The van der Waals surface area contributed by atoms with E-state index in [0.29, 0.717) is 0 Å². The molecule has 13 heteroatoms. The van der Waals surface area contributed by atoms with Gasteiger partial charge in [0.2, 0.25) is 16.0 Å². The smallest absolute Gasteiger partial charge is 0.274 e. The number of amides is 1. The molecule has 1 aliphatic heterocycles. The standard InChI is InChI=1S/C19H20F3N5O4S/c1-19(10-32(29,30)27(2)18(23)26-19)13-7-11(3-5-14(13)20)25-17(28)15-6-4-12(8-24-15)31-9-16(21)22/h3-8,16H,9-10H2,1-2H3,(H2,23,26)(H,25,28)/t19-/m0/s1. The summed E-state index contributed by atoms with van der Waals surface area (Å²) < 4.78 is 69.3. The number of benzene rings is 1. The van der Waals surface area contributed by atoms with Gasteiger partial charge in [-0.2, -0.15) is 0 Å². The Balaban J connectivity index is 1.83. The molecular formula is C19H20F3N5O4S. The summed E-state index contributed by atoms with van der Waals surface area (Å²) in [5, 5.41) is 2.52. The van der Waals surface area contributed by atoms with Crippen molar-refractivity contribution in [2.45, 2.75) is 18.9 Å². The molecule has 1 amide bonds. The van der Waals surface area contributed by atoms with Crippen molar-refractivity contribution in [3.8, 4) is 5.75 Å². The zero-order valence-electron chi connectivity index (χ0n) is 17.0. The van der Waals surface area contributed by atoms with Gasteiger partial charge in [-0.1, -0.05) is 0 Å². The number of carbonyl (C=O) groups excluding carboxylic acids is 1. The average Bonchev–Trinajstić information content (AvgIpc) is 2.71. The van der Waals surface area contributed by atoms with Crippen LogP contribution in [0, 0.1) is 5.82 Å². The maximum Gasteiger partial charge on any atom is 0.274 e. The molecular weight excluding hydrogens is 451 g/mol. The number of rotatable bonds is 6. The van der Waals surface area contributed by atoms with Gasteiger partial charge in [-0.3, -0.25) is 4.79 Å². The van der Waals surface area contributed by atoms with Crippen molar-refractivity contribution in [3.05, 3.63) is 53.6 Å². The highest BCUT2D eigenvalue weighted by molar-refractivity contribution is 7.89. The first-order valence-electron chi connectivity index (χ1n) is 9.21. The third kappa shape index (κ3) is 4.93. The lowest BCUT2D eigenvalue weighted by molar-refractivity contribution is 0.0816. The van der Waals surface area contributed by atoms with E-state index in [0.717, 1.165) is 16.6 Å². The van der Waals surface area contributed by atoms with Gasteiger partial charge in [0.05, 0.1) is 11.9 Å². The first-order chi connectivity index (χ1) is 14.9. The molecule has 1 aromatic heterocycles. The van der Waals surface area contributed by atoms with E-state index in [1.54, 1.807) is 0 Å². The maximum atomic E-state index is 14.6. The predicted molar refractivity (Wildman–Crippen MR) is 111 cm³/mol. The maximum absolute atomic E-state index is 14.6. The molecule has 0 aliphatic carbocycles. The van der Waals surface area contributed by atoms with E-state index < -0.39 is 46.1 Å². The summed E-state index contributed by atoms with van der Waals surface area (Å²) in [4.78, 5) is 20.5. The molecule has 0 radical (unpaired) electrons. The molecule has 0 unspecified atom stereocenters. The lowest BCUT2D eigenvalue weighted by Crippen LogP contribution is -2.50. The van der Waals surface area contributed by atoms with Crippen molar-refractivity contribution in [2.24, 2.45) is 10.7 Å². The number of halogens is 3. The number of nitrogens with zero attached hydrogens (tertiary/aromatic N) is 3. The Morgan fingerprint density at radius 3 is 2.66 bits per heavy atom. The van der Waals surface area contributed by atoms with Crippen LogP contribution in [0.15, 0.2) is 41.5 Å². The minimum Gasteiger partial charge on any atom is -0.486 e. The van der Waals surface area contributed by atoms with Crippen LogP contribution in [-0.4, -0.2) is 55.4 Å². The van der Waals surface area contributed by atoms with E-state index in [1.807, 2.05) is 0 Å². The van der Waals surface area contributed by atoms with Crippen LogP contribution in [0.25, 0.3) is 0 Å². The zero-order valence-corrected chi connectivity index (χ0v) is 17.9. The molecule has 0 saturated heterocycles. The number of nitrogens with one attached hydrogen (secondary N) is 1. The summed E-state index contributed by atoms with van der Waals surface area (Å²) in [5.41, 5.74) is 4.24. The topological polar surface area (TPSA) is 127 Å². The number of nitrogens with two attached hydrogens (primary N) is 1. The fourth-order valence-corrected chi connectivity index (χ4v) is 4.51. The van der Waals surface area contributed by atoms with Crippen LogP contribution in [0.2, 0.25) is 0 Å². The fraction of sp³-hybridized carbons (Fsp3) is 0.316. The lowest BCUT2D eigenvalue weighted by Gasteiger charge is -2.34. The first kappa shape index (κ1) is 23.3. The van der Waals surface area contributed by atoms with Gasteiger partial charge in [0.1, 0.15) is 29.4 Å². The third-order valence-corrected chi connectivity index (χ3v) is 6.66. The molecule has 0 saturated carbocycles. The molecule has 1 aromatic carbocycles. The van der Waals surface area contributed by atoms with Crippen molar-refractivity contribution in [3.63, 3.8) is 0 Å². The lowest BCUT2D eigenvalue weighted by atomic mass is 9.93. The number of pyridine rings is 1. The molecule has 0 bridgehead atoms. The van der Waals surface area contributed by atoms with Crippen molar-refractivity contribution in [2.75, 3.05) is 24.7 Å². The van der Waals surface area contributed by atoms with Crippen LogP contribution in [-0.2, 0) is 15.6 Å². The van der Waals surface area contributed by atoms with Crippen LogP contribution in [0.1, 0.15) is 23.0 Å². The van der Waals surface area contributed by atoms with Gasteiger partial charge < -0.3 is 15.8 Å². The van der Waals surface area contributed by atoms with Crippen molar-refractivity contribution in [1.29, 1.82) is 0 Å². The van der Waals surface area contributed by atoms with E-state index in [9.17, 15) is 26.4 Å². The molecule has 3 N–H and O–H groups in total. The third-order valence-electron chi connectivity index (χ3n) is 4.71. The Morgan fingerprint density at radius 2 is 2.06 bits per heavy atom. The normalized spacial score (nSPS) is 20.1. The van der Waals surface area contributed by atoms with E-state index in [-0.39, 0.29) is 28.7 Å². The largest absolute Gasteiger partial charge is 0.486 e. The molecule has 0 fully saturated rings. The number of hydrogen-bond donors (Lipinski definition) is 2. The van der Waals surface area contributed by atoms with Gasteiger partial charge in [-0.05, 0) is 37.3 Å². The highest BCUT2D eigenvalue weighted by Crippen LogP contribution is 2.34. The van der Waals surface area contributed by atoms with E-state index in [4.69, 9.17) is 10.5 Å². The number of ether oxygens (including phenoxy) is 1. The van der Waals surface area contributed by atoms with E-state index >= 15 is 0 Å². The first-order valence-corrected chi connectivity index (χ1v) is 10.8. The van der Waals surface area contributed by atoms with Crippen LogP contribution in [0.3, 0.4) is 0 Å². The van der Waals surface area contributed by atoms with Crippen LogP contribution in [0.5, 0.6) is 5.75 Å². The number of aliphatic imine (C=N–C) groups is 1. The number of carbonyl (C=O) groups is 1. The molecule has 172 valence electrons. The highest BCUT2D eigenvalue weighted by Gasteiger charge is 2.41. The van der Waals surface area contributed by atoms with Gasteiger partial charge in [0.25, 0.3) is 12.3 Å². The number of sulfonamides is 1. The Morgan fingerprint density at radius 1 is 1.34 bits per heavy atom. The summed E-state index contributed by atoms with van der Waals surface area (Å²) >= 11 is 0. The number of hydrogen-bond acceptors (Lipinski definition) is 7. The van der Waals surface area contributed by atoms with E-state index in [1.165, 1.54) is 38.2 Å². The number of aromatic nitrogens is 1. The van der Waals surface area contributed by atoms with Crippen LogP contribution in [0.4, 0.5) is 18.9 Å². The average molecular weight is 471 g/mol. The number of anilines is 1. The minimum atomic E-state index is -3.82.